The molecule has 0 aliphatic rings. The largest absolute Gasteiger partial charge is 0.493 e. The molecule has 3 aromatic rings. The van der Waals surface area contributed by atoms with E-state index in [1.165, 1.54) is 0 Å². The first kappa shape index (κ1) is 15.7. The molecule has 124 valence electrons. The number of oxime groups is 1. The summed E-state index contributed by atoms with van der Waals surface area (Å²) in [5, 5.41) is 7.83. The van der Waals surface area contributed by atoms with Gasteiger partial charge in [-0.25, -0.2) is 0 Å². The Morgan fingerprint density at radius 1 is 1.12 bits per heavy atom. The minimum Gasteiger partial charge on any atom is -0.493 e. The third kappa shape index (κ3) is 3.40. The number of hydrogen-bond donors (Lipinski definition) is 0. The van der Waals surface area contributed by atoms with Gasteiger partial charge in [0.25, 0.3) is 0 Å². The topological polar surface area (TPSA) is 79.2 Å². The third-order valence-electron chi connectivity index (χ3n) is 3.24. The molecule has 0 aliphatic carbocycles. The SMILES string of the molecule is COc1cccc(/C=N\OCc2cc(-c3ccco3)on2)c1OC. The van der Waals surface area contributed by atoms with Crippen LogP contribution in [-0.2, 0) is 11.4 Å². The maximum atomic E-state index is 5.32. The van der Waals surface area contributed by atoms with Crippen LogP contribution in [0.15, 0.2) is 56.8 Å². The molecular weight excluding hydrogens is 312 g/mol. The van der Waals surface area contributed by atoms with Gasteiger partial charge in [-0.1, -0.05) is 16.4 Å². The van der Waals surface area contributed by atoms with Gasteiger partial charge >= 0.3 is 0 Å². The summed E-state index contributed by atoms with van der Waals surface area (Å²) in [6.07, 6.45) is 3.12. The normalized spacial score (nSPS) is 10.9. The first-order valence-corrected chi connectivity index (χ1v) is 7.17. The first-order valence-electron chi connectivity index (χ1n) is 7.17. The van der Waals surface area contributed by atoms with Crippen LogP contribution in [0.25, 0.3) is 11.5 Å². The van der Waals surface area contributed by atoms with Crippen molar-refractivity contribution in [3.8, 4) is 23.0 Å². The van der Waals surface area contributed by atoms with E-state index < -0.39 is 0 Å². The summed E-state index contributed by atoms with van der Waals surface area (Å²) in [6.45, 7) is 0.174. The van der Waals surface area contributed by atoms with Gasteiger partial charge in [0.1, 0.15) is 5.69 Å². The molecule has 7 nitrogen and oxygen atoms in total. The molecule has 24 heavy (non-hydrogen) atoms. The van der Waals surface area contributed by atoms with Crippen LogP contribution in [0.4, 0.5) is 0 Å². The van der Waals surface area contributed by atoms with Crippen LogP contribution in [0, 0.1) is 0 Å². The van der Waals surface area contributed by atoms with Gasteiger partial charge < -0.3 is 23.3 Å². The number of benzene rings is 1. The van der Waals surface area contributed by atoms with E-state index in [0.29, 0.717) is 28.7 Å². The van der Waals surface area contributed by atoms with E-state index in [-0.39, 0.29) is 6.61 Å². The van der Waals surface area contributed by atoms with Gasteiger partial charge in [-0.05, 0) is 24.3 Å². The standard InChI is InChI=1S/C17H16N2O5/c1-20-15-6-3-5-12(17(15)21-2)10-18-23-11-13-9-16(24-19-13)14-7-4-8-22-14/h3-10H,11H2,1-2H3/b18-10-. The Bertz CT molecular complexity index is 808. The molecule has 0 unspecified atom stereocenters. The average Bonchev–Trinajstić information content (AvgIpc) is 3.29. The summed E-state index contributed by atoms with van der Waals surface area (Å²) >= 11 is 0. The van der Waals surface area contributed by atoms with Gasteiger partial charge in [0.05, 0.1) is 26.7 Å². The van der Waals surface area contributed by atoms with Crippen molar-refractivity contribution in [2.75, 3.05) is 14.2 Å². The lowest BCUT2D eigenvalue weighted by Crippen LogP contribution is -1.95. The zero-order chi connectivity index (χ0) is 16.8. The Hall–Kier alpha value is -3.22. The van der Waals surface area contributed by atoms with E-state index in [1.807, 2.05) is 18.2 Å². The average molecular weight is 328 g/mol. The highest BCUT2D eigenvalue weighted by atomic mass is 16.6. The molecule has 0 aliphatic heterocycles. The molecule has 0 saturated carbocycles. The van der Waals surface area contributed by atoms with Crippen molar-refractivity contribution in [1.82, 2.24) is 5.16 Å². The number of para-hydroxylation sites is 1. The molecule has 0 amide bonds. The maximum Gasteiger partial charge on any atom is 0.202 e. The van der Waals surface area contributed by atoms with Crippen LogP contribution in [-0.4, -0.2) is 25.6 Å². The Balaban J connectivity index is 1.62. The van der Waals surface area contributed by atoms with Crippen LogP contribution in [0.1, 0.15) is 11.3 Å². The summed E-state index contributed by atoms with van der Waals surface area (Å²) in [6, 6.07) is 10.8. The predicted molar refractivity (Wildman–Crippen MR) is 86.1 cm³/mol. The molecule has 0 saturated heterocycles. The molecule has 0 atom stereocenters. The van der Waals surface area contributed by atoms with E-state index in [4.69, 9.17) is 23.3 Å². The number of ether oxygens (including phenoxy) is 2. The summed E-state index contributed by atoms with van der Waals surface area (Å²) in [5.74, 6) is 2.37. The van der Waals surface area contributed by atoms with Gasteiger partial charge in [0, 0.05) is 11.6 Å². The minimum atomic E-state index is 0.174. The summed E-state index contributed by atoms with van der Waals surface area (Å²) in [7, 11) is 3.15. The van der Waals surface area contributed by atoms with E-state index in [2.05, 4.69) is 10.3 Å². The van der Waals surface area contributed by atoms with E-state index in [1.54, 1.807) is 44.9 Å². The zero-order valence-corrected chi connectivity index (χ0v) is 13.3. The highest BCUT2D eigenvalue weighted by Gasteiger charge is 2.10. The molecule has 0 bridgehead atoms. The number of aromatic nitrogens is 1. The fourth-order valence-electron chi connectivity index (χ4n) is 2.13. The number of hydrogen-bond acceptors (Lipinski definition) is 7. The number of furan rings is 1. The summed E-state index contributed by atoms with van der Waals surface area (Å²) in [4.78, 5) is 5.25. The quantitative estimate of drug-likeness (QED) is 0.488. The minimum absolute atomic E-state index is 0.174. The monoisotopic (exact) mass is 328 g/mol. The van der Waals surface area contributed by atoms with Crippen molar-refractivity contribution >= 4 is 6.21 Å². The molecule has 2 heterocycles. The third-order valence-corrected chi connectivity index (χ3v) is 3.24. The predicted octanol–water partition coefficient (Wildman–Crippen LogP) is 3.50. The van der Waals surface area contributed by atoms with E-state index in [9.17, 15) is 0 Å². The first-order chi connectivity index (χ1) is 11.8. The maximum absolute atomic E-state index is 5.32. The Labute approximate surface area is 138 Å². The molecule has 0 spiro atoms. The van der Waals surface area contributed by atoms with Crippen molar-refractivity contribution in [1.29, 1.82) is 0 Å². The van der Waals surface area contributed by atoms with Gasteiger partial charge in [0.15, 0.2) is 23.9 Å². The van der Waals surface area contributed by atoms with Crippen LogP contribution in [0.3, 0.4) is 0 Å². The summed E-state index contributed by atoms with van der Waals surface area (Å²) in [5.41, 5.74) is 1.35. The highest BCUT2D eigenvalue weighted by molar-refractivity contribution is 5.84. The van der Waals surface area contributed by atoms with Crippen molar-refractivity contribution in [3.63, 3.8) is 0 Å². The molecule has 7 heteroatoms. The molecular formula is C17H16N2O5. The second-order valence-corrected chi connectivity index (χ2v) is 4.75. The smallest absolute Gasteiger partial charge is 0.202 e. The molecule has 1 aromatic carbocycles. The van der Waals surface area contributed by atoms with Crippen LogP contribution >= 0.6 is 0 Å². The van der Waals surface area contributed by atoms with Crippen LogP contribution in [0.5, 0.6) is 11.5 Å². The van der Waals surface area contributed by atoms with E-state index >= 15 is 0 Å². The van der Waals surface area contributed by atoms with Crippen LogP contribution < -0.4 is 9.47 Å². The Morgan fingerprint density at radius 3 is 2.79 bits per heavy atom. The second kappa shape index (κ2) is 7.36. The second-order valence-electron chi connectivity index (χ2n) is 4.75. The fraction of sp³-hybridized carbons (Fsp3) is 0.176. The van der Waals surface area contributed by atoms with Crippen molar-refractivity contribution in [3.05, 3.63) is 53.9 Å². The molecule has 3 rings (SSSR count). The Kier molecular flexibility index (Phi) is 4.81. The van der Waals surface area contributed by atoms with Crippen molar-refractivity contribution < 1.29 is 23.3 Å². The number of nitrogens with zero attached hydrogens (tertiary/aromatic N) is 2. The van der Waals surface area contributed by atoms with Crippen molar-refractivity contribution in [2.45, 2.75) is 6.61 Å². The van der Waals surface area contributed by atoms with E-state index in [0.717, 1.165) is 5.56 Å². The van der Waals surface area contributed by atoms with Gasteiger partial charge in [0.2, 0.25) is 5.76 Å². The summed E-state index contributed by atoms with van der Waals surface area (Å²) < 4.78 is 21.0. The lowest BCUT2D eigenvalue weighted by molar-refractivity contribution is 0.126. The molecule has 0 radical (unpaired) electrons. The lowest BCUT2D eigenvalue weighted by Gasteiger charge is -2.09. The molecule has 0 N–H and O–H groups in total. The zero-order valence-electron chi connectivity index (χ0n) is 13.3. The highest BCUT2D eigenvalue weighted by Crippen LogP contribution is 2.29. The fourth-order valence-corrected chi connectivity index (χ4v) is 2.13. The van der Waals surface area contributed by atoms with Gasteiger partial charge in [-0.2, -0.15) is 0 Å². The van der Waals surface area contributed by atoms with Crippen molar-refractivity contribution in [2.24, 2.45) is 5.16 Å². The lowest BCUT2D eigenvalue weighted by atomic mass is 10.2. The van der Waals surface area contributed by atoms with Gasteiger partial charge in [-0.15, -0.1) is 0 Å². The number of rotatable bonds is 7. The van der Waals surface area contributed by atoms with Crippen LogP contribution in [0.2, 0.25) is 0 Å². The Morgan fingerprint density at radius 2 is 2.04 bits per heavy atom. The number of methoxy groups -OCH3 is 2. The molecule has 2 aromatic heterocycles. The van der Waals surface area contributed by atoms with Gasteiger partial charge in [-0.3, -0.25) is 0 Å². The molecule has 0 fully saturated rings.